The molecule has 0 saturated carbocycles. The summed E-state index contributed by atoms with van der Waals surface area (Å²) in [6.45, 7) is 2.21. The van der Waals surface area contributed by atoms with Crippen LogP contribution in [0.5, 0.6) is 0 Å². The summed E-state index contributed by atoms with van der Waals surface area (Å²) < 4.78 is 0. The van der Waals surface area contributed by atoms with Gasteiger partial charge in [0.1, 0.15) is 0 Å². The van der Waals surface area contributed by atoms with Gasteiger partial charge < -0.3 is 10.2 Å². The third-order valence-electron chi connectivity index (χ3n) is 3.37. The topological polar surface area (TPSA) is 74.6 Å². The Hall–Kier alpha value is -0.320. The van der Waals surface area contributed by atoms with E-state index in [1.807, 2.05) is 0 Å². The SMILES string of the molecule is CCCCCCCCCCCCC(=CC(=O)O)C(=O)O.[NaH]. The molecule has 2 N–H and O–H groups in total. The van der Waals surface area contributed by atoms with E-state index in [1.165, 1.54) is 44.9 Å². The standard InChI is InChI=1S/C16H28O4.Na.H/c1-2-3-4-5-6-7-8-9-10-11-12-14(16(19)20)13-15(17)18;;/h13H,2-12H2,1H3,(H,17,18)(H,19,20);;. The number of hydrogen-bond donors (Lipinski definition) is 2. The van der Waals surface area contributed by atoms with E-state index in [-0.39, 0.29) is 35.1 Å². The Morgan fingerprint density at radius 3 is 1.62 bits per heavy atom. The molecule has 0 unspecified atom stereocenters. The van der Waals surface area contributed by atoms with Crippen LogP contribution >= 0.6 is 0 Å². The van der Waals surface area contributed by atoms with Crippen LogP contribution in [0.4, 0.5) is 0 Å². The zero-order valence-electron chi connectivity index (χ0n) is 12.6. The zero-order valence-corrected chi connectivity index (χ0v) is 12.6. The number of carboxylic acids is 2. The van der Waals surface area contributed by atoms with Gasteiger partial charge in [-0.15, -0.1) is 0 Å². The molecule has 0 aromatic rings. The molecule has 0 bridgehead atoms. The first-order chi connectivity index (χ1) is 9.57. The fraction of sp³-hybridized carbons (Fsp3) is 0.750. The van der Waals surface area contributed by atoms with Crippen molar-refractivity contribution in [3.05, 3.63) is 11.6 Å². The number of carboxylic acid groups (broad SMARTS) is 2. The van der Waals surface area contributed by atoms with Crippen LogP contribution in [0.15, 0.2) is 11.6 Å². The van der Waals surface area contributed by atoms with Crippen LogP contribution in [-0.4, -0.2) is 51.7 Å². The second-order valence-electron chi connectivity index (χ2n) is 5.24. The molecule has 21 heavy (non-hydrogen) atoms. The zero-order chi connectivity index (χ0) is 15.2. The number of rotatable bonds is 13. The van der Waals surface area contributed by atoms with E-state index >= 15 is 0 Å². The maximum atomic E-state index is 10.8. The first-order valence-electron chi connectivity index (χ1n) is 7.74. The van der Waals surface area contributed by atoms with Crippen molar-refractivity contribution in [2.75, 3.05) is 0 Å². The molecule has 0 aliphatic carbocycles. The van der Waals surface area contributed by atoms with Crippen LogP contribution in [0.2, 0.25) is 0 Å². The molecule has 0 fully saturated rings. The molecular formula is C16H29NaO4. The normalized spacial score (nSPS) is 11.0. The second kappa shape index (κ2) is 16.1. The second-order valence-corrected chi connectivity index (χ2v) is 5.24. The van der Waals surface area contributed by atoms with Gasteiger partial charge in [-0.2, -0.15) is 0 Å². The van der Waals surface area contributed by atoms with Gasteiger partial charge in [0.2, 0.25) is 0 Å². The molecule has 0 aromatic heterocycles. The van der Waals surface area contributed by atoms with Crippen LogP contribution < -0.4 is 0 Å². The van der Waals surface area contributed by atoms with Crippen molar-refractivity contribution in [3.63, 3.8) is 0 Å². The Kier molecular flexibility index (Phi) is 17.6. The van der Waals surface area contributed by atoms with Gasteiger partial charge in [-0.1, -0.05) is 64.7 Å². The van der Waals surface area contributed by atoms with Gasteiger partial charge >= 0.3 is 41.5 Å². The summed E-state index contributed by atoms with van der Waals surface area (Å²) in [5.74, 6) is -2.31. The summed E-state index contributed by atoms with van der Waals surface area (Å²) in [6, 6.07) is 0. The predicted molar refractivity (Wildman–Crippen MR) is 87.0 cm³/mol. The van der Waals surface area contributed by atoms with Gasteiger partial charge in [0.05, 0.1) is 0 Å². The minimum atomic E-state index is -1.19. The van der Waals surface area contributed by atoms with Crippen molar-refractivity contribution in [1.29, 1.82) is 0 Å². The van der Waals surface area contributed by atoms with E-state index in [2.05, 4.69) is 6.92 Å². The molecule has 0 radical (unpaired) electrons. The summed E-state index contributed by atoms with van der Waals surface area (Å²) in [5.41, 5.74) is -0.00272. The molecule has 0 atom stereocenters. The molecule has 0 aliphatic rings. The first-order valence-corrected chi connectivity index (χ1v) is 7.74. The van der Waals surface area contributed by atoms with Crippen molar-refractivity contribution >= 4 is 41.5 Å². The minimum absolute atomic E-state index is 0. The van der Waals surface area contributed by atoms with Crippen LogP contribution in [-0.2, 0) is 9.59 Å². The molecule has 118 valence electrons. The van der Waals surface area contributed by atoms with Gasteiger partial charge in [0, 0.05) is 11.6 Å². The van der Waals surface area contributed by atoms with Crippen molar-refractivity contribution in [2.45, 2.75) is 77.6 Å². The van der Waals surface area contributed by atoms with Crippen LogP contribution in [0.1, 0.15) is 77.6 Å². The quantitative estimate of drug-likeness (QED) is 0.309. The first kappa shape index (κ1) is 23.0. The number of unbranched alkanes of at least 4 members (excludes halogenated alkanes) is 9. The summed E-state index contributed by atoms with van der Waals surface area (Å²) in [4.78, 5) is 21.3. The van der Waals surface area contributed by atoms with E-state index in [0.717, 1.165) is 25.3 Å². The average molecular weight is 308 g/mol. The molecular weight excluding hydrogens is 279 g/mol. The monoisotopic (exact) mass is 308 g/mol. The molecule has 0 amide bonds. The predicted octanol–water partition coefficient (Wildman–Crippen LogP) is 3.74. The number of carbonyl (C=O) groups is 2. The molecule has 0 aromatic carbocycles. The van der Waals surface area contributed by atoms with E-state index in [0.29, 0.717) is 6.42 Å². The van der Waals surface area contributed by atoms with Gasteiger partial charge in [0.15, 0.2) is 0 Å². The number of hydrogen-bond acceptors (Lipinski definition) is 2. The summed E-state index contributed by atoms with van der Waals surface area (Å²) in [7, 11) is 0. The van der Waals surface area contributed by atoms with Crippen LogP contribution in [0, 0.1) is 0 Å². The Morgan fingerprint density at radius 1 is 0.810 bits per heavy atom. The summed E-state index contributed by atoms with van der Waals surface area (Å²) >= 11 is 0. The van der Waals surface area contributed by atoms with Gasteiger partial charge in [-0.05, 0) is 12.8 Å². The summed E-state index contributed by atoms with van der Waals surface area (Å²) in [5, 5.41) is 17.4. The fourth-order valence-electron chi connectivity index (χ4n) is 2.19. The van der Waals surface area contributed by atoms with Crippen molar-refractivity contribution in [1.82, 2.24) is 0 Å². The molecule has 5 heteroatoms. The van der Waals surface area contributed by atoms with Crippen molar-refractivity contribution in [3.8, 4) is 0 Å². The molecule has 0 rings (SSSR count). The molecule has 0 aliphatic heterocycles. The van der Waals surface area contributed by atoms with E-state index < -0.39 is 11.9 Å². The van der Waals surface area contributed by atoms with Gasteiger partial charge in [-0.3, -0.25) is 0 Å². The van der Waals surface area contributed by atoms with Gasteiger partial charge in [-0.25, -0.2) is 9.59 Å². The Morgan fingerprint density at radius 2 is 1.24 bits per heavy atom. The summed E-state index contributed by atoms with van der Waals surface area (Å²) in [6.07, 6.45) is 13.0. The van der Waals surface area contributed by atoms with Crippen LogP contribution in [0.25, 0.3) is 0 Å². The van der Waals surface area contributed by atoms with E-state index in [1.54, 1.807) is 0 Å². The van der Waals surface area contributed by atoms with Crippen molar-refractivity contribution < 1.29 is 19.8 Å². The molecule has 0 saturated heterocycles. The molecule has 4 nitrogen and oxygen atoms in total. The average Bonchev–Trinajstić information content (AvgIpc) is 2.39. The van der Waals surface area contributed by atoms with Gasteiger partial charge in [0.25, 0.3) is 0 Å². The molecule has 0 heterocycles. The third-order valence-corrected chi connectivity index (χ3v) is 3.37. The van der Waals surface area contributed by atoms with E-state index in [9.17, 15) is 9.59 Å². The number of aliphatic carboxylic acids is 2. The third kappa shape index (κ3) is 15.9. The molecule has 0 spiro atoms. The Labute approximate surface area is 150 Å². The maximum absolute atomic E-state index is 10.8. The van der Waals surface area contributed by atoms with E-state index in [4.69, 9.17) is 10.2 Å². The van der Waals surface area contributed by atoms with Crippen LogP contribution in [0.3, 0.4) is 0 Å². The fourth-order valence-corrected chi connectivity index (χ4v) is 2.19. The van der Waals surface area contributed by atoms with Crippen molar-refractivity contribution in [2.24, 2.45) is 0 Å². The Balaban J connectivity index is 0. The Bertz CT molecular complexity index is 313.